The van der Waals surface area contributed by atoms with Crippen molar-refractivity contribution in [2.24, 2.45) is 0 Å². The van der Waals surface area contributed by atoms with Crippen molar-refractivity contribution >= 4 is 11.6 Å². The Bertz CT molecular complexity index is 309. The van der Waals surface area contributed by atoms with E-state index in [9.17, 15) is 0 Å². The molecule has 1 aromatic heterocycles. The van der Waals surface area contributed by atoms with Gasteiger partial charge in [0.1, 0.15) is 17.5 Å². The Morgan fingerprint density at radius 1 is 1.29 bits per heavy atom. The summed E-state index contributed by atoms with van der Waals surface area (Å²) < 4.78 is 0. The molecular weight excluding hydrogens is 176 g/mol. The largest absolute Gasteiger partial charge is 0.383 e. The Morgan fingerprint density at radius 2 is 2.00 bits per heavy atom. The zero-order valence-electron chi connectivity index (χ0n) is 9.09. The molecule has 0 radical (unpaired) electrons. The van der Waals surface area contributed by atoms with Crippen LogP contribution in [0.15, 0.2) is 0 Å². The number of hydrogen-bond donors (Lipinski definition) is 2. The Labute approximate surface area is 85.0 Å². The first-order valence-corrected chi connectivity index (χ1v) is 5.05. The summed E-state index contributed by atoms with van der Waals surface area (Å²) in [7, 11) is 0. The van der Waals surface area contributed by atoms with Gasteiger partial charge in [-0.2, -0.15) is 0 Å². The van der Waals surface area contributed by atoms with Crippen LogP contribution in [0.3, 0.4) is 0 Å². The third-order valence-corrected chi connectivity index (χ3v) is 2.09. The summed E-state index contributed by atoms with van der Waals surface area (Å²) in [6.07, 6.45) is 1.89. The van der Waals surface area contributed by atoms with Gasteiger partial charge in [0.25, 0.3) is 0 Å². The van der Waals surface area contributed by atoms with Crippen molar-refractivity contribution in [2.45, 2.75) is 33.6 Å². The van der Waals surface area contributed by atoms with Gasteiger partial charge in [-0.1, -0.05) is 13.8 Å². The first-order chi connectivity index (χ1) is 6.69. The Hall–Kier alpha value is -1.32. The number of nitrogens with one attached hydrogen (secondary N) is 1. The highest BCUT2D eigenvalue weighted by Crippen LogP contribution is 2.17. The van der Waals surface area contributed by atoms with E-state index >= 15 is 0 Å². The summed E-state index contributed by atoms with van der Waals surface area (Å²) in [6, 6.07) is 0. The molecule has 1 rings (SSSR count). The fraction of sp³-hybridized carbons (Fsp3) is 0.600. The van der Waals surface area contributed by atoms with Crippen molar-refractivity contribution in [1.29, 1.82) is 0 Å². The lowest BCUT2D eigenvalue weighted by Gasteiger charge is -2.10. The van der Waals surface area contributed by atoms with Crippen molar-refractivity contribution in [3.63, 3.8) is 0 Å². The first kappa shape index (κ1) is 10.8. The van der Waals surface area contributed by atoms with Crippen molar-refractivity contribution in [2.75, 3.05) is 17.6 Å². The maximum Gasteiger partial charge on any atom is 0.134 e. The molecule has 4 heteroatoms. The van der Waals surface area contributed by atoms with Crippen LogP contribution in [0.4, 0.5) is 11.6 Å². The van der Waals surface area contributed by atoms with E-state index in [1.54, 1.807) is 0 Å². The molecule has 4 nitrogen and oxygen atoms in total. The second kappa shape index (κ2) is 4.79. The molecule has 0 bridgehead atoms. The van der Waals surface area contributed by atoms with E-state index in [1.165, 1.54) is 0 Å². The highest BCUT2D eigenvalue weighted by atomic mass is 15.1. The number of nitrogen functional groups attached to an aromatic ring is 1. The van der Waals surface area contributed by atoms with E-state index in [-0.39, 0.29) is 0 Å². The van der Waals surface area contributed by atoms with Gasteiger partial charge in [0.15, 0.2) is 0 Å². The number of rotatable bonds is 4. The van der Waals surface area contributed by atoms with Crippen LogP contribution in [-0.4, -0.2) is 16.5 Å². The summed E-state index contributed by atoms with van der Waals surface area (Å²) in [6.45, 7) is 6.99. The number of nitrogens with zero attached hydrogens (tertiary/aromatic N) is 2. The molecule has 0 aromatic carbocycles. The third kappa shape index (κ3) is 2.34. The van der Waals surface area contributed by atoms with Gasteiger partial charge in [0.05, 0.1) is 0 Å². The normalized spacial score (nSPS) is 10.2. The summed E-state index contributed by atoms with van der Waals surface area (Å²) in [5.74, 6) is 2.25. The Balaban J connectivity index is 2.95. The zero-order valence-corrected chi connectivity index (χ0v) is 9.09. The predicted octanol–water partition coefficient (Wildman–Crippen LogP) is 1.75. The molecule has 0 fully saturated rings. The van der Waals surface area contributed by atoms with Crippen LogP contribution in [0.5, 0.6) is 0 Å². The number of aryl methyl sites for hydroxylation is 1. The zero-order chi connectivity index (χ0) is 10.6. The fourth-order valence-electron chi connectivity index (χ4n) is 1.16. The van der Waals surface area contributed by atoms with Crippen LogP contribution in [0, 0.1) is 6.92 Å². The maximum atomic E-state index is 5.78. The van der Waals surface area contributed by atoms with Crippen molar-refractivity contribution in [3.8, 4) is 0 Å². The molecule has 0 spiro atoms. The van der Waals surface area contributed by atoms with E-state index < -0.39 is 0 Å². The van der Waals surface area contributed by atoms with Gasteiger partial charge >= 0.3 is 0 Å². The summed E-state index contributed by atoms with van der Waals surface area (Å²) >= 11 is 0. The van der Waals surface area contributed by atoms with Crippen LogP contribution in [0.1, 0.15) is 31.7 Å². The molecule has 0 amide bonds. The van der Waals surface area contributed by atoms with Gasteiger partial charge in [-0.15, -0.1) is 0 Å². The van der Waals surface area contributed by atoms with E-state index in [0.717, 1.165) is 36.6 Å². The Morgan fingerprint density at radius 3 is 2.57 bits per heavy atom. The van der Waals surface area contributed by atoms with Crippen molar-refractivity contribution < 1.29 is 0 Å². The van der Waals surface area contributed by atoms with Gasteiger partial charge in [-0.05, 0) is 13.3 Å². The average molecular weight is 194 g/mol. The maximum absolute atomic E-state index is 5.78. The molecule has 0 atom stereocenters. The minimum atomic E-state index is 0.579. The molecule has 0 aliphatic heterocycles. The second-order valence-corrected chi connectivity index (χ2v) is 3.28. The van der Waals surface area contributed by atoms with Crippen LogP contribution in [-0.2, 0) is 6.42 Å². The molecule has 0 aliphatic carbocycles. The first-order valence-electron chi connectivity index (χ1n) is 5.05. The lowest BCUT2D eigenvalue weighted by Crippen LogP contribution is -2.09. The monoisotopic (exact) mass is 194 g/mol. The van der Waals surface area contributed by atoms with E-state index in [4.69, 9.17) is 5.73 Å². The van der Waals surface area contributed by atoms with Gasteiger partial charge in [-0.25, -0.2) is 9.97 Å². The minimum absolute atomic E-state index is 0.579. The fourth-order valence-corrected chi connectivity index (χ4v) is 1.16. The van der Waals surface area contributed by atoms with Gasteiger partial charge < -0.3 is 11.1 Å². The summed E-state index contributed by atoms with van der Waals surface area (Å²) in [5, 5.41) is 3.25. The lowest BCUT2D eigenvalue weighted by atomic mass is 10.3. The predicted molar refractivity (Wildman–Crippen MR) is 59.3 cm³/mol. The van der Waals surface area contributed by atoms with Crippen molar-refractivity contribution in [1.82, 2.24) is 9.97 Å². The van der Waals surface area contributed by atoms with Gasteiger partial charge in [0, 0.05) is 18.5 Å². The van der Waals surface area contributed by atoms with Crippen LogP contribution in [0.25, 0.3) is 0 Å². The summed E-state index contributed by atoms with van der Waals surface area (Å²) in [5.41, 5.74) is 6.72. The molecule has 0 aliphatic rings. The third-order valence-electron chi connectivity index (χ3n) is 2.09. The topological polar surface area (TPSA) is 63.8 Å². The number of aromatic nitrogens is 2. The smallest absolute Gasteiger partial charge is 0.134 e. The lowest BCUT2D eigenvalue weighted by molar-refractivity contribution is 0.912. The standard InChI is InChI=1S/C10H18N4/c1-4-6-12-10-7(3)9(11)13-8(5-2)14-10/h4-6H2,1-3H3,(H3,11,12,13,14). The molecule has 0 saturated carbocycles. The number of hydrogen-bond acceptors (Lipinski definition) is 4. The second-order valence-electron chi connectivity index (χ2n) is 3.28. The highest BCUT2D eigenvalue weighted by Gasteiger charge is 2.06. The summed E-state index contributed by atoms with van der Waals surface area (Å²) in [4.78, 5) is 8.57. The molecule has 0 saturated heterocycles. The van der Waals surface area contributed by atoms with Crippen molar-refractivity contribution in [3.05, 3.63) is 11.4 Å². The molecule has 1 heterocycles. The van der Waals surface area contributed by atoms with E-state index in [1.807, 2.05) is 13.8 Å². The van der Waals surface area contributed by atoms with E-state index in [2.05, 4.69) is 22.2 Å². The molecule has 1 aromatic rings. The quantitative estimate of drug-likeness (QED) is 0.766. The molecule has 0 unspecified atom stereocenters. The van der Waals surface area contributed by atoms with Crippen LogP contribution >= 0.6 is 0 Å². The Kier molecular flexibility index (Phi) is 3.68. The van der Waals surface area contributed by atoms with Crippen LogP contribution < -0.4 is 11.1 Å². The number of nitrogens with two attached hydrogens (primary N) is 1. The SMILES string of the molecule is CCCNc1nc(CC)nc(N)c1C. The van der Waals surface area contributed by atoms with Crippen LogP contribution in [0.2, 0.25) is 0 Å². The average Bonchev–Trinajstić information content (AvgIpc) is 2.20. The van der Waals surface area contributed by atoms with Gasteiger partial charge in [0.2, 0.25) is 0 Å². The molecule has 78 valence electrons. The molecular formula is C10H18N4. The van der Waals surface area contributed by atoms with E-state index in [0.29, 0.717) is 5.82 Å². The molecule has 3 N–H and O–H groups in total. The van der Waals surface area contributed by atoms with Gasteiger partial charge in [-0.3, -0.25) is 0 Å². The minimum Gasteiger partial charge on any atom is -0.383 e. The highest BCUT2D eigenvalue weighted by molar-refractivity contribution is 5.54. The molecule has 14 heavy (non-hydrogen) atoms. The number of anilines is 2.